The number of ketones is 1. The smallest absolute Gasteiger partial charge is 0.295 e. The van der Waals surface area contributed by atoms with Crippen molar-refractivity contribution in [1.82, 2.24) is 9.80 Å². The van der Waals surface area contributed by atoms with Gasteiger partial charge >= 0.3 is 0 Å². The van der Waals surface area contributed by atoms with Gasteiger partial charge < -0.3 is 29.0 Å². The monoisotopic (exact) mass is 608 g/mol. The van der Waals surface area contributed by atoms with Gasteiger partial charge in [-0.3, -0.25) is 14.5 Å². The van der Waals surface area contributed by atoms with Crippen molar-refractivity contribution >= 4 is 17.4 Å². The topological polar surface area (TPSA) is 97.8 Å². The minimum absolute atomic E-state index is 0.0720. The van der Waals surface area contributed by atoms with Crippen molar-refractivity contribution in [2.24, 2.45) is 0 Å². The average molecular weight is 609 g/mol. The summed E-state index contributed by atoms with van der Waals surface area (Å²) in [5, 5.41) is 11.7. The Morgan fingerprint density at radius 1 is 0.909 bits per heavy atom. The molecule has 2 aliphatic heterocycles. The maximum Gasteiger partial charge on any atom is 0.295 e. The van der Waals surface area contributed by atoms with Crippen LogP contribution in [0, 0.1) is 6.92 Å². The van der Waals surface area contributed by atoms with E-state index < -0.39 is 17.7 Å². The maximum absolute atomic E-state index is 13.6. The van der Waals surface area contributed by atoms with E-state index >= 15 is 0 Å². The normalized spacial score (nSPS) is 18.5. The molecule has 2 fully saturated rings. The highest BCUT2D eigenvalue weighted by molar-refractivity contribution is 6.46. The van der Waals surface area contributed by atoms with E-state index in [1.807, 2.05) is 31.2 Å². The van der Waals surface area contributed by atoms with Gasteiger partial charge in [-0.25, -0.2) is 0 Å². The van der Waals surface area contributed by atoms with Gasteiger partial charge in [-0.15, -0.1) is 0 Å². The molecule has 0 aliphatic carbocycles. The summed E-state index contributed by atoms with van der Waals surface area (Å²) >= 11 is 0. The number of aliphatic hydroxyl groups is 1. The second kappa shape index (κ2) is 16.5. The van der Waals surface area contributed by atoms with Crippen molar-refractivity contribution in [3.63, 3.8) is 0 Å². The number of methoxy groups -OCH3 is 1. The second-order valence-corrected chi connectivity index (χ2v) is 11.4. The first kappa shape index (κ1) is 33.3. The minimum Gasteiger partial charge on any atom is -0.507 e. The highest BCUT2D eigenvalue weighted by Crippen LogP contribution is 2.42. The molecule has 0 bridgehead atoms. The fraction of sp³-hybridized carbons (Fsp3) is 0.543. The van der Waals surface area contributed by atoms with Crippen LogP contribution in [0.5, 0.6) is 17.2 Å². The molecule has 1 unspecified atom stereocenters. The van der Waals surface area contributed by atoms with E-state index in [1.165, 1.54) is 0 Å². The van der Waals surface area contributed by atoms with E-state index in [0.717, 1.165) is 57.3 Å². The number of morpholine rings is 1. The molecular formula is C35H48N2O7. The van der Waals surface area contributed by atoms with Crippen molar-refractivity contribution in [2.75, 3.05) is 59.7 Å². The molecule has 0 saturated carbocycles. The summed E-state index contributed by atoms with van der Waals surface area (Å²) in [6.45, 7) is 11.5. The second-order valence-electron chi connectivity index (χ2n) is 11.4. The van der Waals surface area contributed by atoms with Crippen LogP contribution >= 0.6 is 0 Å². The molecule has 44 heavy (non-hydrogen) atoms. The summed E-state index contributed by atoms with van der Waals surface area (Å²) in [4.78, 5) is 31.1. The molecule has 240 valence electrons. The Bertz CT molecular complexity index is 1300. The number of aliphatic hydroxyl groups excluding tert-OH is 1. The first-order valence-corrected chi connectivity index (χ1v) is 16.0. The molecule has 2 aromatic carbocycles. The molecule has 1 N–H and O–H groups in total. The highest BCUT2D eigenvalue weighted by atomic mass is 16.5. The van der Waals surface area contributed by atoms with Crippen LogP contribution in [0.4, 0.5) is 0 Å². The van der Waals surface area contributed by atoms with Crippen molar-refractivity contribution < 1.29 is 33.6 Å². The van der Waals surface area contributed by atoms with E-state index in [0.29, 0.717) is 67.8 Å². The lowest BCUT2D eigenvalue weighted by atomic mass is 9.93. The van der Waals surface area contributed by atoms with Crippen LogP contribution in [-0.4, -0.2) is 86.3 Å². The Hall–Kier alpha value is -3.56. The summed E-state index contributed by atoms with van der Waals surface area (Å²) < 4.78 is 23.0. The van der Waals surface area contributed by atoms with Crippen LogP contribution in [-0.2, 0) is 14.3 Å². The average Bonchev–Trinajstić information content (AvgIpc) is 3.28. The highest BCUT2D eigenvalue weighted by Gasteiger charge is 2.46. The van der Waals surface area contributed by atoms with Crippen LogP contribution in [0.2, 0.25) is 0 Å². The number of Topliss-reactive ketones (excluding diaryl/α,β-unsaturated/α-hetero) is 1. The van der Waals surface area contributed by atoms with Gasteiger partial charge in [-0.1, -0.05) is 39.2 Å². The van der Waals surface area contributed by atoms with E-state index in [2.05, 4.69) is 18.7 Å². The molecule has 1 atom stereocenters. The molecule has 0 aromatic heterocycles. The van der Waals surface area contributed by atoms with E-state index in [-0.39, 0.29) is 11.3 Å². The predicted molar refractivity (Wildman–Crippen MR) is 170 cm³/mol. The first-order chi connectivity index (χ1) is 21.4. The van der Waals surface area contributed by atoms with Crippen LogP contribution in [0.3, 0.4) is 0 Å². The quantitative estimate of drug-likeness (QED) is 0.109. The Balaban J connectivity index is 1.68. The number of nitrogens with zero attached hydrogens (tertiary/aromatic N) is 2. The van der Waals surface area contributed by atoms with Crippen LogP contribution in [0.25, 0.3) is 5.76 Å². The van der Waals surface area contributed by atoms with Crippen LogP contribution in [0.1, 0.15) is 75.1 Å². The molecule has 0 spiro atoms. The Morgan fingerprint density at radius 3 is 2.36 bits per heavy atom. The number of carbonyl (C=O) groups is 2. The third-order valence-corrected chi connectivity index (χ3v) is 8.25. The largest absolute Gasteiger partial charge is 0.507 e. The summed E-state index contributed by atoms with van der Waals surface area (Å²) in [5.74, 6) is 0.316. The zero-order chi connectivity index (χ0) is 31.5. The summed E-state index contributed by atoms with van der Waals surface area (Å²) in [5.41, 5.74) is 1.99. The first-order valence-electron chi connectivity index (χ1n) is 16.0. The predicted octanol–water partition coefficient (Wildman–Crippen LogP) is 5.90. The molecule has 9 heteroatoms. The summed E-state index contributed by atoms with van der Waals surface area (Å²) in [7, 11) is 1.57. The molecule has 2 aromatic rings. The fourth-order valence-corrected chi connectivity index (χ4v) is 5.73. The maximum atomic E-state index is 13.6. The van der Waals surface area contributed by atoms with Gasteiger partial charge in [0.25, 0.3) is 11.7 Å². The van der Waals surface area contributed by atoms with Gasteiger partial charge in [-0.2, -0.15) is 0 Å². The zero-order valence-corrected chi connectivity index (χ0v) is 26.7. The third-order valence-electron chi connectivity index (χ3n) is 8.25. The number of carbonyl (C=O) groups excluding carboxylic acids is 2. The van der Waals surface area contributed by atoms with E-state index in [9.17, 15) is 14.7 Å². The number of hydrogen-bond donors (Lipinski definition) is 1. The lowest BCUT2D eigenvalue weighted by Gasteiger charge is -2.29. The third kappa shape index (κ3) is 8.12. The molecule has 2 heterocycles. The van der Waals surface area contributed by atoms with Crippen molar-refractivity contribution in [2.45, 2.75) is 65.3 Å². The van der Waals surface area contributed by atoms with Crippen molar-refractivity contribution in [3.05, 3.63) is 58.7 Å². The van der Waals surface area contributed by atoms with Gasteiger partial charge in [0.2, 0.25) is 0 Å². The van der Waals surface area contributed by atoms with Gasteiger partial charge in [0.05, 0.1) is 45.2 Å². The number of aryl methyl sites for hydroxylation is 1. The van der Waals surface area contributed by atoms with Gasteiger partial charge in [-0.05, 0) is 67.6 Å². The van der Waals surface area contributed by atoms with Crippen molar-refractivity contribution in [3.8, 4) is 17.2 Å². The standard InChI is InChI=1S/C35H48N2O7/c1-5-7-9-20-44-29-14-11-26(24-30(29)41-4)32-31(33(38)28-13-12-27(23-25(28)3)43-19-8-6-2)34(39)35(40)37(32)16-10-15-36-17-21-42-22-18-36/h11-14,23-24,32,38H,5-10,15-22H2,1-4H3. The molecule has 2 saturated heterocycles. The fourth-order valence-electron chi connectivity index (χ4n) is 5.73. The number of ether oxygens (including phenoxy) is 4. The number of rotatable bonds is 16. The molecule has 0 radical (unpaired) electrons. The lowest BCUT2D eigenvalue weighted by Crippen LogP contribution is -2.39. The Labute approximate surface area is 261 Å². The lowest BCUT2D eigenvalue weighted by molar-refractivity contribution is -0.140. The molecule has 4 rings (SSSR count). The Kier molecular flexibility index (Phi) is 12.5. The number of benzene rings is 2. The van der Waals surface area contributed by atoms with Gasteiger partial charge in [0, 0.05) is 31.7 Å². The van der Waals surface area contributed by atoms with Gasteiger partial charge in [0.1, 0.15) is 11.5 Å². The SMILES string of the molecule is CCCCCOc1ccc(C2C(=C(O)c3ccc(OCCCC)cc3C)C(=O)C(=O)N2CCCN2CCOCC2)cc1OC. The van der Waals surface area contributed by atoms with E-state index in [1.54, 1.807) is 24.1 Å². The molecular weight excluding hydrogens is 560 g/mol. The summed E-state index contributed by atoms with van der Waals surface area (Å²) in [6, 6.07) is 10.1. The molecule has 2 aliphatic rings. The minimum atomic E-state index is -0.775. The molecule has 9 nitrogen and oxygen atoms in total. The van der Waals surface area contributed by atoms with Crippen LogP contribution in [0.15, 0.2) is 42.0 Å². The summed E-state index contributed by atoms with van der Waals surface area (Å²) in [6.07, 6.45) is 5.76. The van der Waals surface area contributed by atoms with Crippen molar-refractivity contribution in [1.29, 1.82) is 0 Å². The van der Waals surface area contributed by atoms with E-state index in [4.69, 9.17) is 18.9 Å². The van der Waals surface area contributed by atoms with Crippen LogP contribution < -0.4 is 14.2 Å². The zero-order valence-electron chi connectivity index (χ0n) is 26.7. The number of unbranched alkanes of at least 4 members (excludes halogenated alkanes) is 3. The van der Waals surface area contributed by atoms with Gasteiger partial charge in [0.15, 0.2) is 11.5 Å². The number of hydrogen-bond acceptors (Lipinski definition) is 8. The number of amides is 1. The number of likely N-dealkylation sites (tertiary alicyclic amines) is 1. The molecule has 1 amide bonds. The Morgan fingerprint density at radius 2 is 1.66 bits per heavy atom.